The van der Waals surface area contributed by atoms with Gasteiger partial charge in [0.2, 0.25) is 10.0 Å². The molecule has 0 spiro atoms. The second kappa shape index (κ2) is 6.12. The van der Waals surface area contributed by atoms with E-state index in [0.29, 0.717) is 5.92 Å². The van der Waals surface area contributed by atoms with Crippen LogP contribution in [0.2, 0.25) is 10.0 Å². The Kier molecular flexibility index (Phi) is 4.82. The van der Waals surface area contributed by atoms with Crippen molar-refractivity contribution in [3.8, 4) is 0 Å². The molecule has 1 aromatic carbocycles. The molecule has 3 N–H and O–H groups in total. The van der Waals surface area contributed by atoms with Gasteiger partial charge in [-0.05, 0) is 31.4 Å². The first-order chi connectivity index (χ1) is 9.70. The lowest BCUT2D eigenvalue weighted by Crippen LogP contribution is -2.33. The van der Waals surface area contributed by atoms with Gasteiger partial charge in [-0.1, -0.05) is 36.0 Å². The molecule has 1 saturated carbocycles. The Bertz CT molecular complexity index is 672. The van der Waals surface area contributed by atoms with Crippen LogP contribution in [0.1, 0.15) is 36.5 Å². The summed E-state index contributed by atoms with van der Waals surface area (Å²) in [5, 5.41) is 7.69. The highest BCUT2D eigenvalue weighted by Gasteiger charge is 2.27. The molecule has 0 radical (unpaired) electrons. The lowest BCUT2D eigenvalue weighted by atomic mass is 10.1. The SMILES string of the molecule is CC(CC1CC1)NC(=O)c1c(Cl)ccc(S(N)(=O)=O)c1Cl. The van der Waals surface area contributed by atoms with Crippen LogP contribution >= 0.6 is 23.2 Å². The predicted octanol–water partition coefficient (Wildman–Crippen LogP) is 2.56. The number of carbonyl (C=O) groups excluding carboxylic acids is 1. The van der Waals surface area contributed by atoms with E-state index < -0.39 is 15.9 Å². The molecule has 8 heteroatoms. The zero-order valence-electron chi connectivity index (χ0n) is 11.4. The summed E-state index contributed by atoms with van der Waals surface area (Å²) in [5.41, 5.74) is -0.0625. The Hall–Kier alpha value is -0.820. The van der Waals surface area contributed by atoms with Crippen LogP contribution in [0, 0.1) is 5.92 Å². The second-order valence-corrected chi connectivity index (χ2v) is 7.65. The summed E-state index contributed by atoms with van der Waals surface area (Å²) in [5.74, 6) is 0.158. The molecule has 0 aromatic heterocycles. The van der Waals surface area contributed by atoms with Crippen LogP contribution in [0.3, 0.4) is 0 Å². The summed E-state index contributed by atoms with van der Waals surface area (Å²) in [4.78, 5) is 12.0. The van der Waals surface area contributed by atoms with Crippen molar-refractivity contribution in [2.45, 2.75) is 37.1 Å². The Morgan fingerprint density at radius 2 is 2.05 bits per heavy atom. The molecule has 0 bridgehead atoms. The molecule has 0 aliphatic heterocycles. The van der Waals surface area contributed by atoms with Gasteiger partial charge in [-0.3, -0.25) is 4.79 Å². The maximum absolute atomic E-state index is 12.3. The van der Waals surface area contributed by atoms with Crippen molar-refractivity contribution < 1.29 is 13.2 Å². The fourth-order valence-electron chi connectivity index (χ4n) is 2.17. The molecule has 21 heavy (non-hydrogen) atoms. The van der Waals surface area contributed by atoms with Crippen LogP contribution in [-0.2, 0) is 10.0 Å². The van der Waals surface area contributed by atoms with E-state index in [1.807, 2.05) is 6.92 Å². The smallest absolute Gasteiger partial charge is 0.254 e. The lowest BCUT2D eigenvalue weighted by molar-refractivity contribution is 0.0937. The Morgan fingerprint density at radius 1 is 1.43 bits per heavy atom. The van der Waals surface area contributed by atoms with Gasteiger partial charge >= 0.3 is 0 Å². The average molecular weight is 351 g/mol. The number of halogens is 2. The summed E-state index contributed by atoms with van der Waals surface area (Å²) < 4.78 is 22.9. The van der Waals surface area contributed by atoms with Crippen molar-refractivity contribution in [2.75, 3.05) is 0 Å². The van der Waals surface area contributed by atoms with Crippen LogP contribution in [0.15, 0.2) is 17.0 Å². The van der Waals surface area contributed by atoms with E-state index in [1.165, 1.54) is 25.0 Å². The van der Waals surface area contributed by atoms with E-state index in [2.05, 4.69) is 5.32 Å². The Labute approximate surface area is 133 Å². The highest BCUT2D eigenvalue weighted by Crippen LogP contribution is 2.34. The number of amides is 1. The fraction of sp³-hybridized carbons (Fsp3) is 0.462. The molecule has 1 unspecified atom stereocenters. The van der Waals surface area contributed by atoms with Crippen molar-refractivity contribution in [1.82, 2.24) is 5.32 Å². The number of hydrogen-bond donors (Lipinski definition) is 2. The minimum absolute atomic E-state index is 0.0322. The summed E-state index contributed by atoms with van der Waals surface area (Å²) in [6.45, 7) is 1.89. The van der Waals surface area contributed by atoms with Gasteiger partial charge in [-0.25, -0.2) is 13.6 Å². The number of sulfonamides is 1. The minimum Gasteiger partial charge on any atom is -0.349 e. The molecule has 116 valence electrons. The first-order valence-electron chi connectivity index (χ1n) is 6.51. The molecular formula is C13H16Cl2N2O3S. The number of carbonyl (C=O) groups is 1. The van der Waals surface area contributed by atoms with E-state index in [-0.39, 0.29) is 26.5 Å². The van der Waals surface area contributed by atoms with Gasteiger partial charge < -0.3 is 5.32 Å². The molecule has 1 amide bonds. The maximum Gasteiger partial charge on any atom is 0.254 e. The average Bonchev–Trinajstić information content (AvgIpc) is 3.10. The van der Waals surface area contributed by atoms with Gasteiger partial charge in [-0.2, -0.15) is 0 Å². The summed E-state index contributed by atoms with van der Waals surface area (Å²) in [6.07, 6.45) is 3.25. The monoisotopic (exact) mass is 350 g/mol. The topological polar surface area (TPSA) is 89.3 Å². The number of nitrogens with one attached hydrogen (secondary N) is 1. The normalized spacial score (nSPS) is 16.6. The quantitative estimate of drug-likeness (QED) is 0.854. The molecular weight excluding hydrogens is 335 g/mol. The predicted molar refractivity (Wildman–Crippen MR) is 82.1 cm³/mol. The van der Waals surface area contributed by atoms with Gasteiger partial charge in [0.1, 0.15) is 4.90 Å². The third-order valence-electron chi connectivity index (χ3n) is 3.35. The Balaban J connectivity index is 2.27. The fourth-order valence-corrected chi connectivity index (χ4v) is 3.64. The second-order valence-electron chi connectivity index (χ2n) is 5.33. The van der Waals surface area contributed by atoms with E-state index in [4.69, 9.17) is 28.3 Å². The van der Waals surface area contributed by atoms with Crippen LogP contribution in [0.25, 0.3) is 0 Å². The van der Waals surface area contributed by atoms with Gasteiger partial charge in [0.05, 0.1) is 15.6 Å². The van der Waals surface area contributed by atoms with Crippen LogP contribution < -0.4 is 10.5 Å². The van der Waals surface area contributed by atoms with E-state index in [9.17, 15) is 13.2 Å². The highest BCUT2D eigenvalue weighted by atomic mass is 35.5. The highest BCUT2D eigenvalue weighted by molar-refractivity contribution is 7.89. The summed E-state index contributed by atoms with van der Waals surface area (Å²) >= 11 is 12.0. The zero-order valence-corrected chi connectivity index (χ0v) is 13.7. The summed E-state index contributed by atoms with van der Waals surface area (Å²) in [6, 6.07) is 2.45. The largest absolute Gasteiger partial charge is 0.349 e. The molecule has 0 saturated heterocycles. The van der Waals surface area contributed by atoms with Crippen LogP contribution in [-0.4, -0.2) is 20.4 Å². The van der Waals surface area contributed by atoms with E-state index in [1.54, 1.807) is 0 Å². The third kappa shape index (κ3) is 4.10. The standard InChI is InChI=1S/C13H16Cl2N2O3S/c1-7(6-8-2-3-8)17-13(18)11-9(14)4-5-10(12(11)15)21(16,19)20/h4-5,7-8H,2-3,6H2,1H3,(H,17,18)(H2,16,19,20). The van der Waals surface area contributed by atoms with Gasteiger partial charge in [0.25, 0.3) is 5.91 Å². The number of hydrogen-bond acceptors (Lipinski definition) is 3. The van der Waals surface area contributed by atoms with Crippen LogP contribution in [0.4, 0.5) is 0 Å². The molecule has 1 aromatic rings. The molecule has 0 heterocycles. The number of benzene rings is 1. The molecule has 5 nitrogen and oxygen atoms in total. The molecule has 2 rings (SSSR count). The lowest BCUT2D eigenvalue weighted by Gasteiger charge is -2.15. The van der Waals surface area contributed by atoms with E-state index in [0.717, 1.165) is 6.42 Å². The van der Waals surface area contributed by atoms with Crippen LogP contribution in [0.5, 0.6) is 0 Å². The van der Waals surface area contributed by atoms with Crippen molar-refractivity contribution in [3.63, 3.8) is 0 Å². The molecule has 1 aliphatic rings. The first-order valence-corrected chi connectivity index (χ1v) is 8.82. The zero-order chi connectivity index (χ0) is 15.8. The molecule has 1 fully saturated rings. The van der Waals surface area contributed by atoms with Gasteiger partial charge in [-0.15, -0.1) is 0 Å². The minimum atomic E-state index is -4.01. The first kappa shape index (κ1) is 16.5. The van der Waals surface area contributed by atoms with Gasteiger partial charge in [0.15, 0.2) is 0 Å². The van der Waals surface area contributed by atoms with Gasteiger partial charge in [0, 0.05) is 6.04 Å². The number of nitrogens with two attached hydrogens (primary N) is 1. The number of primary sulfonamides is 1. The maximum atomic E-state index is 12.3. The summed E-state index contributed by atoms with van der Waals surface area (Å²) in [7, 11) is -4.01. The Morgan fingerprint density at radius 3 is 2.57 bits per heavy atom. The van der Waals surface area contributed by atoms with Crippen molar-refractivity contribution >= 4 is 39.1 Å². The van der Waals surface area contributed by atoms with Crippen molar-refractivity contribution in [3.05, 3.63) is 27.7 Å². The van der Waals surface area contributed by atoms with Crippen molar-refractivity contribution in [1.29, 1.82) is 0 Å². The molecule has 1 atom stereocenters. The van der Waals surface area contributed by atoms with E-state index >= 15 is 0 Å². The van der Waals surface area contributed by atoms with Crippen molar-refractivity contribution in [2.24, 2.45) is 11.1 Å². The molecule has 1 aliphatic carbocycles. The third-order valence-corrected chi connectivity index (χ3v) is 5.12. The number of rotatable bonds is 5.